The third-order valence-electron chi connectivity index (χ3n) is 3.37. The maximum absolute atomic E-state index is 12.9. The Bertz CT molecular complexity index is 941. The van der Waals surface area contributed by atoms with E-state index in [1.165, 1.54) is 41.7 Å². The lowest BCUT2D eigenvalue weighted by Gasteiger charge is -2.05. The molecule has 2 aromatic carbocycles. The van der Waals surface area contributed by atoms with Gasteiger partial charge in [-0.25, -0.2) is 9.37 Å². The molecule has 1 aromatic heterocycles. The number of nitrogens with one attached hydrogen (secondary N) is 1. The number of carbonyl (C=O) groups is 2. The van der Waals surface area contributed by atoms with Crippen LogP contribution >= 0.6 is 11.3 Å². The van der Waals surface area contributed by atoms with Crippen molar-refractivity contribution in [3.63, 3.8) is 0 Å². The predicted molar refractivity (Wildman–Crippen MR) is 95.8 cm³/mol. The zero-order chi connectivity index (χ0) is 18.5. The Kier molecular flexibility index (Phi) is 5.23. The maximum atomic E-state index is 12.9. The van der Waals surface area contributed by atoms with Crippen LogP contribution in [0.25, 0.3) is 0 Å². The van der Waals surface area contributed by atoms with Gasteiger partial charge in [-0.1, -0.05) is 6.07 Å². The lowest BCUT2D eigenvalue weighted by Crippen LogP contribution is -2.14. The second-order valence-corrected chi connectivity index (χ2v) is 6.21. The number of benzene rings is 2. The molecule has 0 aliphatic carbocycles. The molecule has 0 radical (unpaired) electrons. The fourth-order valence-corrected chi connectivity index (χ4v) is 2.79. The zero-order valence-corrected chi connectivity index (χ0v) is 14.3. The molecule has 3 aromatic rings. The first-order valence-electron chi connectivity index (χ1n) is 7.55. The third-order valence-corrected chi connectivity index (χ3v) is 4.19. The monoisotopic (exact) mass is 371 g/mol. The first kappa shape index (κ1) is 17.6. The van der Waals surface area contributed by atoms with Gasteiger partial charge in [-0.3, -0.25) is 9.59 Å². The summed E-state index contributed by atoms with van der Waals surface area (Å²) in [6.45, 7) is 0.167. The smallest absolute Gasteiger partial charge is 0.275 e. The summed E-state index contributed by atoms with van der Waals surface area (Å²) >= 11 is 1.27. The van der Waals surface area contributed by atoms with Crippen molar-refractivity contribution >= 4 is 28.8 Å². The van der Waals surface area contributed by atoms with Gasteiger partial charge in [0.2, 0.25) is 5.91 Å². The van der Waals surface area contributed by atoms with Gasteiger partial charge >= 0.3 is 0 Å². The van der Waals surface area contributed by atoms with Crippen LogP contribution in [0.1, 0.15) is 25.9 Å². The number of anilines is 1. The molecule has 0 fully saturated rings. The first-order chi connectivity index (χ1) is 12.5. The molecule has 26 heavy (non-hydrogen) atoms. The van der Waals surface area contributed by atoms with E-state index in [-0.39, 0.29) is 18.1 Å². The summed E-state index contributed by atoms with van der Waals surface area (Å²) in [4.78, 5) is 27.7. The number of halogens is 1. The number of ether oxygens (including phenoxy) is 1. The number of primary amides is 1. The molecule has 3 N–H and O–H groups in total. The number of nitrogens with zero attached hydrogens (tertiary/aromatic N) is 1. The fraction of sp³-hybridized carbons (Fsp3) is 0.0556. The molecule has 1 heterocycles. The summed E-state index contributed by atoms with van der Waals surface area (Å²) in [6, 6.07) is 12.0. The molecule has 3 rings (SSSR count). The van der Waals surface area contributed by atoms with Crippen molar-refractivity contribution in [3.05, 3.63) is 76.0 Å². The highest BCUT2D eigenvalue weighted by atomic mass is 32.1. The number of hydrogen-bond acceptors (Lipinski definition) is 5. The average molecular weight is 371 g/mol. The lowest BCUT2D eigenvalue weighted by atomic mass is 10.2. The van der Waals surface area contributed by atoms with Crippen LogP contribution in [0.2, 0.25) is 0 Å². The van der Waals surface area contributed by atoms with E-state index in [0.717, 1.165) is 0 Å². The second kappa shape index (κ2) is 7.75. The largest absolute Gasteiger partial charge is 0.486 e. The second-order valence-electron chi connectivity index (χ2n) is 5.27. The van der Waals surface area contributed by atoms with Crippen molar-refractivity contribution in [1.82, 2.24) is 4.98 Å². The Morgan fingerprint density at radius 1 is 1.19 bits per heavy atom. The number of thiazole rings is 1. The number of rotatable bonds is 6. The van der Waals surface area contributed by atoms with E-state index in [4.69, 9.17) is 10.5 Å². The van der Waals surface area contributed by atoms with E-state index in [2.05, 4.69) is 10.3 Å². The normalized spacial score (nSPS) is 10.3. The summed E-state index contributed by atoms with van der Waals surface area (Å²) in [6.07, 6.45) is 0. The van der Waals surface area contributed by atoms with Crippen molar-refractivity contribution in [1.29, 1.82) is 0 Å². The van der Waals surface area contributed by atoms with Gasteiger partial charge in [0, 0.05) is 16.6 Å². The van der Waals surface area contributed by atoms with Gasteiger partial charge < -0.3 is 15.8 Å². The van der Waals surface area contributed by atoms with E-state index in [0.29, 0.717) is 22.0 Å². The van der Waals surface area contributed by atoms with Gasteiger partial charge in [0.25, 0.3) is 5.91 Å². The van der Waals surface area contributed by atoms with Gasteiger partial charge in [0.1, 0.15) is 28.9 Å². The van der Waals surface area contributed by atoms with Crippen LogP contribution in [0.3, 0.4) is 0 Å². The summed E-state index contributed by atoms with van der Waals surface area (Å²) in [5, 5.41) is 4.87. The van der Waals surface area contributed by atoms with Crippen LogP contribution in [0.5, 0.6) is 5.75 Å². The highest BCUT2D eigenvalue weighted by molar-refractivity contribution is 7.09. The van der Waals surface area contributed by atoms with E-state index in [1.54, 1.807) is 23.6 Å². The van der Waals surface area contributed by atoms with Crippen molar-refractivity contribution in [2.75, 3.05) is 5.32 Å². The summed E-state index contributed by atoms with van der Waals surface area (Å²) in [5.41, 5.74) is 6.20. The van der Waals surface area contributed by atoms with Crippen LogP contribution in [0, 0.1) is 5.82 Å². The molecular weight excluding hydrogens is 357 g/mol. The average Bonchev–Trinajstić information content (AvgIpc) is 3.11. The van der Waals surface area contributed by atoms with E-state index < -0.39 is 11.8 Å². The zero-order valence-electron chi connectivity index (χ0n) is 13.4. The minimum atomic E-state index is -0.574. The third kappa shape index (κ3) is 4.42. The Labute approximate surface area is 152 Å². The van der Waals surface area contributed by atoms with Gasteiger partial charge in [-0.05, 0) is 42.5 Å². The molecular formula is C18H14FN3O3S. The standard InChI is InChI=1S/C18H14FN3O3S/c19-12-4-6-14(7-5-12)25-9-16-22-15(10-26-16)18(24)21-13-3-1-2-11(8-13)17(20)23/h1-8,10H,9H2,(H2,20,23)(H,21,24). The Balaban J connectivity index is 1.61. The molecule has 132 valence electrons. The topological polar surface area (TPSA) is 94.3 Å². The minimum Gasteiger partial charge on any atom is -0.486 e. The van der Waals surface area contributed by atoms with Crippen LogP contribution in [-0.4, -0.2) is 16.8 Å². The SMILES string of the molecule is NC(=O)c1cccc(NC(=O)c2csc(COc3ccc(F)cc3)n2)c1. The number of carbonyl (C=O) groups excluding carboxylic acids is 2. The number of hydrogen-bond donors (Lipinski definition) is 2. The quantitative estimate of drug-likeness (QED) is 0.696. The summed E-state index contributed by atoms with van der Waals surface area (Å²) < 4.78 is 18.4. The van der Waals surface area contributed by atoms with Crippen LogP contribution in [0.15, 0.2) is 53.9 Å². The van der Waals surface area contributed by atoms with E-state index >= 15 is 0 Å². The molecule has 8 heteroatoms. The fourth-order valence-electron chi connectivity index (χ4n) is 2.10. The summed E-state index contributed by atoms with van der Waals surface area (Å²) in [7, 11) is 0. The van der Waals surface area contributed by atoms with Crippen molar-refractivity contribution in [3.8, 4) is 5.75 Å². The minimum absolute atomic E-state index is 0.167. The van der Waals surface area contributed by atoms with Crippen LogP contribution in [-0.2, 0) is 6.61 Å². The van der Waals surface area contributed by atoms with Gasteiger partial charge in [0.15, 0.2) is 0 Å². The molecule has 0 unspecified atom stereocenters. The Morgan fingerprint density at radius 2 is 1.96 bits per heavy atom. The molecule has 0 saturated heterocycles. The molecule has 6 nitrogen and oxygen atoms in total. The lowest BCUT2D eigenvalue weighted by molar-refractivity contribution is 0.0995. The van der Waals surface area contributed by atoms with E-state index in [9.17, 15) is 14.0 Å². The highest BCUT2D eigenvalue weighted by Crippen LogP contribution is 2.17. The van der Waals surface area contributed by atoms with Crippen molar-refractivity contribution in [2.24, 2.45) is 5.73 Å². The molecule has 2 amide bonds. The highest BCUT2D eigenvalue weighted by Gasteiger charge is 2.12. The molecule has 0 aliphatic heterocycles. The molecule has 0 spiro atoms. The Morgan fingerprint density at radius 3 is 2.69 bits per heavy atom. The number of amides is 2. The van der Waals surface area contributed by atoms with Gasteiger partial charge in [-0.2, -0.15) is 0 Å². The van der Waals surface area contributed by atoms with Crippen LogP contribution < -0.4 is 15.8 Å². The summed E-state index contributed by atoms with van der Waals surface area (Å²) in [5.74, 6) is -0.812. The van der Waals surface area contributed by atoms with Crippen molar-refractivity contribution < 1.29 is 18.7 Å². The molecule has 0 atom stereocenters. The maximum Gasteiger partial charge on any atom is 0.275 e. The Hall–Kier alpha value is -3.26. The number of aromatic nitrogens is 1. The van der Waals surface area contributed by atoms with E-state index in [1.807, 2.05) is 0 Å². The van der Waals surface area contributed by atoms with Crippen molar-refractivity contribution in [2.45, 2.75) is 6.61 Å². The predicted octanol–water partition coefficient (Wildman–Crippen LogP) is 3.21. The molecule has 0 saturated carbocycles. The number of nitrogens with two attached hydrogens (primary N) is 1. The molecule has 0 aliphatic rings. The van der Waals surface area contributed by atoms with Crippen LogP contribution in [0.4, 0.5) is 10.1 Å². The van der Waals surface area contributed by atoms with Gasteiger partial charge in [0.05, 0.1) is 0 Å². The molecule has 0 bridgehead atoms. The van der Waals surface area contributed by atoms with Gasteiger partial charge in [-0.15, -0.1) is 11.3 Å². The first-order valence-corrected chi connectivity index (χ1v) is 8.43.